The molecule has 2 fully saturated rings. The number of aromatic nitrogens is 1. The number of aliphatic hydroxyl groups is 1. The number of anilines is 1. The Morgan fingerprint density at radius 2 is 2.30 bits per heavy atom. The summed E-state index contributed by atoms with van der Waals surface area (Å²) in [5, 5.41) is 10.8. The van der Waals surface area contributed by atoms with E-state index in [2.05, 4.69) is 16.0 Å². The highest BCUT2D eigenvalue weighted by molar-refractivity contribution is 5.49. The first-order valence-corrected chi connectivity index (χ1v) is 7.78. The molecule has 0 bridgehead atoms. The lowest BCUT2D eigenvalue weighted by Gasteiger charge is -2.48. The third kappa shape index (κ3) is 2.42. The van der Waals surface area contributed by atoms with E-state index in [1.807, 2.05) is 19.2 Å². The Morgan fingerprint density at radius 3 is 3.10 bits per heavy atom. The van der Waals surface area contributed by atoms with E-state index in [1.165, 1.54) is 12.8 Å². The van der Waals surface area contributed by atoms with Crippen molar-refractivity contribution in [2.75, 3.05) is 18.0 Å². The lowest BCUT2D eigenvalue weighted by molar-refractivity contribution is -0.0613. The van der Waals surface area contributed by atoms with Crippen molar-refractivity contribution < 1.29 is 5.11 Å². The zero-order chi connectivity index (χ0) is 14.2. The first-order chi connectivity index (χ1) is 9.60. The highest BCUT2D eigenvalue weighted by Gasteiger charge is 2.43. The van der Waals surface area contributed by atoms with Gasteiger partial charge in [0.25, 0.3) is 0 Å². The number of hydrogen-bond acceptors (Lipinski definition) is 4. The normalized spacial score (nSPS) is 31.8. The number of nitrogens with zero attached hydrogens (tertiary/aromatic N) is 2. The molecule has 4 heteroatoms. The number of nitrogens with two attached hydrogens (primary N) is 1. The summed E-state index contributed by atoms with van der Waals surface area (Å²) in [4.78, 5) is 6.87. The molecule has 110 valence electrons. The van der Waals surface area contributed by atoms with Crippen molar-refractivity contribution in [1.82, 2.24) is 4.98 Å². The van der Waals surface area contributed by atoms with Gasteiger partial charge in [-0.2, -0.15) is 0 Å². The molecule has 1 aliphatic heterocycles. The fraction of sp³-hybridized carbons (Fsp3) is 0.688. The Balaban J connectivity index is 1.83. The van der Waals surface area contributed by atoms with Crippen LogP contribution in [0.4, 0.5) is 5.82 Å². The standard InChI is InChI=1S/C16H25N3O/c1-12(17)14-6-4-9-18-15(14)19-10-8-16(20)7-3-2-5-13(16)11-19/h4,6,9,12-13,20H,2-3,5,7-8,10-11,17H2,1H3/t12-,13?,16?/m0/s1. The predicted octanol–water partition coefficient (Wildman–Crippen LogP) is 2.23. The third-order valence-corrected chi connectivity index (χ3v) is 5.03. The zero-order valence-electron chi connectivity index (χ0n) is 12.3. The van der Waals surface area contributed by atoms with Gasteiger partial charge in [-0.05, 0) is 32.3 Å². The van der Waals surface area contributed by atoms with E-state index in [1.54, 1.807) is 0 Å². The van der Waals surface area contributed by atoms with Gasteiger partial charge in [0.15, 0.2) is 0 Å². The van der Waals surface area contributed by atoms with E-state index in [-0.39, 0.29) is 6.04 Å². The predicted molar refractivity (Wildman–Crippen MR) is 80.6 cm³/mol. The van der Waals surface area contributed by atoms with Crippen molar-refractivity contribution in [2.45, 2.75) is 50.7 Å². The van der Waals surface area contributed by atoms with E-state index in [0.29, 0.717) is 5.92 Å². The minimum Gasteiger partial charge on any atom is -0.389 e. The molecule has 3 rings (SSSR count). The number of fused-ring (bicyclic) bond motifs is 1. The molecule has 1 saturated carbocycles. The van der Waals surface area contributed by atoms with Crippen LogP contribution in [-0.2, 0) is 0 Å². The van der Waals surface area contributed by atoms with Crippen molar-refractivity contribution in [1.29, 1.82) is 0 Å². The number of pyridine rings is 1. The second kappa shape index (κ2) is 5.34. The highest BCUT2D eigenvalue weighted by Crippen LogP contribution is 2.41. The van der Waals surface area contributed by atoms with Gasteiger partial charge < -0.3 is 15.7 Å². The first-order valence-electron chi connectivity index (χ1n) is 7.78. The molecule has 1 aromatic rings. The molecule has 1 aliphatic carbocycles. The van der Waals surface area contributed by atoms with Crippen LogP contribution in [0.3, 0.4) is 0 Å². The van der Waals surface area contributed by atoms with Crippen LogP contribution in [0.15, 0.2) is 18.3 Å². The van der Waals surface area contributed by atoms with Crippen LogP contribution in [0.25, 0.3) is 0 Å². The number of piperidine rings is 1. The maximum absolute atomic E-state index is 10.8. The van der Waals surface area contributed by atoms with Gasteiger partial charge in [0, 0.05) is 36.8 Å². The van der Waals surface area contributed by atoms with E-state index in [9.17, 15) is 5.11 Å². The maximum atomic E-state index is 10.8. The summed E-state index contributed by atoms with van der Waals surface area (Å²) >= 11 is 0. The van der Waals surface area contributed by atoms with Gasteiger partial charge >= 0.3 is 0 Å². The van der Waals surface area contributed by atoms with Crippen molar-refractivity contribution in [3.63, 3.8) is 0 Å². The molecule has 2 aliphatic rings. The van der Waals surface area contributed by atoms with Crippen LogP contribution in [0.1, 0.15) is 50.6 Å². The van der Waals surface area contributed by atoms with Crippen molar-refractivity contribution in [3.05, 3.63) is 23.9 Å². The van der Waals surface area contributed by atoms with Crippen LogP contribution in [0.5, 0.6) is 0 Å². The summed E-state index contributed by atoms with van der Waals surface area (Å²) < 4.78 is 0. The van der Waals surface area contributed by atoms with Gasteiger partial charge in [-0.1, -0.05) is 18.9 Å². The van der Waals surface area contributed by atoms with Crippen LogP contribution in [-0.4, -0.2) is 28.8 Å². The summed E-state index contributed by atoms with van der Waals surface area (Å²) in [6, 6.07) is 4.00. The van der Waals surface area contributed by atoms with E-state index >= 15 is 0 Å². The molecule has 3 N–H and O–H groups in total. The molecule has 2 unspecified atom stereocenters. The van der Waals surface area contributed by atoms with Gasteiger partial charge in [0.2, 0.25) is 0 Å². The highest BCUT2D eigenvalue weighted by atomic mass is 16.3. The van der Waals surface area contributed by atoms with E-state index in [0.717, 1.165) is 43.7 Å². The molecule has 3 atom stereocenters. The number of rotatable bonds is 2. The molecule has 4 nitrogen and oxygen atoms in total. The summed E-state index contributed by atoms with van der Waals surface area (Å²) in [5.41, 5.74) is 6.74. The summed E-state index contributed by atoms with van der Waals surface area (Å²) in [7, 11) is 0. The van der Waals surface area contributed by atoms with Crippen molar-refractivity contribution >= 4 is 5.82 Å². The number of hydrogen-bond donors (Lipinski definition) is 2. The lowest BCUT2D eigenvalue weighted by Crippen LogP contribution is -2.53. The Bertz CT molecular complexity index is 477. The smallest absolute Gasteiger partial charge is 0.133 e. The molecule has 0 aromatic carbocycles. The lowest BCUT2D eigenvalue weighted by atomic mass is 9.71. The summed E-state index contributed by atoms with van der Waals surface area (Å²) in [6.45, 7) is 3.79. The molecule has 0 amide bonds. The van der Waals surface area contributed by atoms with E-state index in [4.69, 9.17) is 5.73 Å². The molecule has 0 spiro atoms. The maximum Gasteiger partial charge on any atom is 0.133 e. The second-order valence-electron chi connectivity index (χ2n) is 6.45. The molecule has 20 heavy (non-hydrogen) atoms. The molecule has 1 saturated heterocycles. The Labute approximate surface area is 121 Å². The van der Waals surface area contributed by atoms with Gasteiger partial charge in [-0.3, -0.25) is 0 Å². The monoisotopic (exact) mass is 275 g/mol. The van der Waals surface area contributed by atoms with Gasteiger partial charge in [-0.25, -0.2) is 4.98 Å². The Morgan fingerprint density at radius 1 is 1.45 bits per heavy atom. The minimum atomic E-state index is -0.433. The van der Waals surface area contributed by atoms with Gasteiger partial charge in [-0.15, -0.1) is 0 Å². The van der Waals surface area contributed by atoms with Crippen LogP contribution in [0, 0.1) is 5.92 Å². The average Bonchev–Trinajstić information content (AvgIpc) is 2.46. The minimum absolute atomic E-state index is 0.00846. The average molecular weight is 275 g/mol. The van der Waals surface area contributed by atoms with Crippen molar-refractivity contribution in [3.8, 4) is 0 Å². The third-order valence-electron chi connectivity index (χ3n) is 5.03. The fourth-order valence-corrected chi connectivity index (χ4v) is 3.79. The van der Waals surface area contributed by atoms with Gasteiger partial charge in [0.1, 0.15) is 5.82 Å². The Hall–Kier alpha value is -1.13. The Kier molecular flexibility index (Phi) is 3.69. The molecule has 1 aromatic heterocycles. The molecule has 0 radical (unpaired) electrons. The van der Waals surface area contributed by atoms with E-state index < -0.39 is 5.60 Å². The van der Waals surface area contributed by atoms with Crippen molar-refractivity contribution in [2.24, 2.45) is 11.7 Å². The van der Waals surface area contributed by atoms with Crippen LogP contribution >= 0.6 is 0 Å². The molecular weight excluding hydrogens is 250 g/mol. The topological polar surface area (TPSA) is 62.4 Å². The zero-order valence-corrected chi connectivity index (χ0v) is 12.3. The fourth-order valence-electron chi connectivity index (χ4n) is 3.79. The summed E-state index contributed by atoms with van der Waals surface area (Å²) in [6.07, 6.45) is 7.20. The molecular formula is C16H25N3O. The summed E-state index contributed by atoms with van der Waals surface area (Å²) in [5.74, 6) is 1.39. The quantitative estimate of drug-likeness (QED) is 0.869. The largest absolute Gasteiger partial charge is 0.389 e. The van der Waals surface area contributed by atoms with Crippen LogP contribution in [0.2, 0.25) is 0 Å². The SMILES string of the molecule is C[C@H](N)c1cccnc1N1CCC2(O)CCCCC2C1. The second-order valence-corrected chi connectivity index (χ2v) is 6.45. The van der Waals surface area contributed by atoms with Crippen LogP contribution < -0.4 is 10.6 Å². The molecule has 2 heterocycles. The van der Waals surface area contributed by atoms with Gasteiger partial charge in [0.05, 0.1) is 5.60 Å². The first kappa shape index (κ1) is 13.8.